The molecule has 0 spiro atoms. The normalized spacial score (nSPS) is 13.1. The number of benzene rings is 1. The van der Waals surface area contributed by atoms with Crippen molar-refractivity contribution < 1.29 is 4.74 Å². The molecule has 142 valence electrons. The molecule has 1 aromatic carbocycles. The van der Waals surface area contributed by atoms with Gasteiger partial charge in [-0.15, -0.1) is 11.3 Å². The zero-order valence-electron chi connectivity index (χ0n) is 15.4. The quantitative estimate of drug-likeness (QED) is 0.648. The first kappa shape index (κ1) is 18.5. The molecule has 0 saturated carbocycles. The summed E-state index contributed by atoms with van der Waals surface area (Å²) < 4.78 is 6.65. The molecule has 6 nitrogen and oxygen atoms in total. The number of thiophene rings is 1. The second kappa shape index (κ2) is 7.30. The number of halogens is 1. The Labute approximate surface area is 170 Å². The average molecular weight is 413 g/mol. The number of nitriles is 1. The molecule has 1 aliphatic carbocycles. The highest BCUT2D eigenvalue weighted by atomic mass is 35.5. The summed E-state index contributed by atoms with van der Waals surface area (Å²) in [4.78, 5) is 18.6. The molecule has 2 aromatic heterocycles. The lowest BCUT2D eigenvalue weighted by Gasteiger charge is -2.06. The monoisotopic (exact) mass is 412 g/mol. The predicted octanol–water partition coefficient (Wildman–Crippen LogP) is 4.31. The van der Waals surface area contributed by atoms with E-state index in [0.29, 0.717) is 38.3 Å². The Morgan fingerprint density at radius 2 is 2.25 bits per heavy atom. The van der Waals surface area contributed by atoms with Crippen molar-refractivity contribution in [2.75, 3.05) is 7.11 Å². The molecular weight excluding hydrogens is 396 g/mol. The standard InChI is InChI=1S/C20H17ClN4O2S/c1-11-15(10-23-19-14(9-22)13-4-3-5-18(13)28-19)20(26)25(24-11)12-6-7-16(21)17(8-12)27-2/h6-8,10,24H,3-5H2,1-2H3/b23-10+. The van der Waals surface area contributed by atoms with Crippen LogP contribution in [-0.4, -0.2) is 23.1 Å². The van der Waals surface area contributed by atoms with E-state index in [1.54, 1.807) is 35.8 Å². The number of aliphatic imine (C=N–C) groups is 1. The lowest BCUT2D eigenvalue weighted by molar-refractivity contribution is 0.414. The topological polar surface area (TPSA) is 83.2 Å². The molecule has 0 amide bonds. The zero-order chi connectivity index (χ0) is 19.8. The van der Waals surface area contributed by atoms with Crippen molar-refractivity contribution >= 4 is 34.2 Å². The van der Waals surface area contributed by atoms with Crippen molar-refractivity contribution in [1.29, 1.82) is 5.26 Å². The van der Waals surface area contributed by atoms with E-state index in [9.17, 15) is 10.1 Å². The Morgan fingerprint density at radius 3 is 3.00 bits per heavy atom. The molecule has 4 rings (SSSR count). The number of aryl methyl sites for hydroxylation is 2. The Kier molecular flexibility index (Phi) is 4.84. The van der Waals surface area contributed by atoms with Gasteiger partial charge in [-0.2, -0.15) is 5.26 Å². The van der Waals surface area contributed by atoms with Crippen molar-refractivity contribution in [2.45, 2.75) is 26.2 Å². The van der Waals surface area contributed by atoms with Crippen molar-refractivity contribution in [2.24, 2.45) is 4.99 Å². The van der Waals surface area contributed by atoms with E-state index < -0.39 is 0 Å². The summed E-state index contributed by atoms with van der Waals surface area (Å²) in [5, 5.41) is 13.7. The van der Waals surface area contributed by atoms with Gasteiger partial charge in [-0.25, -0.2) is 9.67 Å². The molecule has 0 radical (unpaired) electrons. The number of hydrogen-bond acceptors (Lipinski definition) is 5. The number of aromatic nitrogens is 2. The van der Waals surface area contributed by atoms with Gasteiger partial charge in [-0.3, -0.25) is 9.89 Å². The van der Waals surface area contributed by atoms with E-state index in [1.807, 2.05) is 6.92 Å². The Hall–Kier alpha value is -2.82. The van der Waals surface area contributed by atoms with Crippen LogP contribution < -0.4 is 10.3 Å². The number of aromatic amines is 1. The smallest absolute Gasteiger partial charge is 0.280 e. The highest BCUT2D eigenvalue weighted by molar-refractivity contribution is 7.16. The molecule has 28 heavy (non-hydrogen) atoms. The van der Waals surface area contributed by atoms with Crippen LogP contribution in [0, 0.1) is 18.3 Å². The van der Waals surface area contributed by atoms with Gasteiger partial charge in [-0.1, -0.05) is 11.6 Å². The second-order valence-electron chi connectivity index (χ2n) is 6.52. The largest absolute Gasteiger partial charge is 0.495 e. The molecule has 0 bridgehead atoms. The van der Waals surface area contributed by atoms with Gasteiger partial charge in [0.1, 0.15) is 16.8 Å². The van der Waals surface area contributed by atoms with Gasteiger partial charge in [0.05, 0.1) is 28.9 Å². The summed E-state index contributed by atoms with van der Waals surface area (Å²) in [6.45, 7) is 1.81. The van der Waals surface area contributed by atoms with E-state index in [2.05, 4.69) is 16.2 Å². The fourth-order valence-corrected chi connectivity index (χ4v) is 4.78. The molecule has 1 N–H and O–H groups in total. The van der Waals surface area contributed by atoms with Crippen LogP contribution in [-0.2, 0) is 12.8 Å². The number of nitrogens with zero attached hydrogens (tertiary/aromatic N) is 3. The van der Waals surface area contributed by atoms with Gasteiger partial charge in [-0.05, 0) is 43.9 Å². The molecule has 0 aliphatic heterocycles. The molecule has 1 aliphatic rings. The van der Waals surface area contributed by atoms with Gasteiger partial charge in [0.15, 0.2) is 0 Å². The molecule has 0 atom stereocenters. The number of nitrogens with one attached hydrogen (secondary N) is 1. The Morgan fingerprint density at radius 1 is 1.43 bits per heavy atom. The van der Waals surface area contributed by atoms with Gasteiger partial charge >= 0.3 is 0 Å². The zero-order valence-corrected chi connectivity index (χ0v) is 16.9. The number of hydrogen-bond donors (Lipinski definition) is 1. The number of H-pyrrole nitrogens is 1. The fourth-order valence-electron chi connectivity index (χ4n) is 3.40. The van der Waals surface area contributed by atoms with Crippen molar-refractivity contribution in [3.05, 3.63) is 60.8 Å². The van der Waals surface area contributed by atoms with Crippen LogP contribution in [0.5, 0.6) is 5.75 Å². The number of fused-ring (bicyclic) bond motifs is 1. The second-order valence-corrected chi connectivity index (χ2v) is 8.01. The van der Waals surface area contributed by atoms with Crippen molar-refractivity contribution in [1.82, 2.24) is 9.78 Å². The van der Waals surface area contributed by atoms with Gasteiger partial charge in [0, 0.05) is 22.9 Å². The average Bonchev–Trinajstić information content (AvgIpc) is 3.34. The van der Waals surface area contributed by atoms with Crippen molar-refractivity contribution in [3.8, 4) is 17.5 Å². The van der Waals surface area contributed by atoms with Gasteiger partial charge in [0.25, 0.3) is 5.56 Å². The summed E-state index contributed by atoms with van der Waals surface area (Å²) in [7, 11) is 1.52. The van der Waals surface area contributed by atoms with Crippen LogP contribution in [0.4, 0.5) is 5.00 Å². The summed E-state index contributed by atoms with van der Waals surface area (Å²) >= 11 is 7.61. The predicted molar refractivity (Wildman–Crippen MR) is 111 cm³/mol. The molecule has 0 saturated heterocycles. The van der Waals surface area contributed by atoms with E-state index in [4.69, 9.17) is 16.3 Å². The maximum absolute atomic E-state index is 12.9. The van der Waals surface area contributed by atoms with E-state index >= 15 is 0 Å². The van der Waals surface area contributed by atoms with E-state index in [1.165, 1.54) is 16.7 Å². The molecule has 3 aromatic rings. The Bertz CT molecular complexity index is 1200. The summed E-state index contributed by atoms with van der Waals surface area (Å²) in [5.41, 5.74) is 3.28. The minimum Gasteiger partial charge on any atom is -0.495 e. The molecule has 8 heteroatoms. The first-order chi connectivity index (χ1) is 13.5. The third-order valence-corrected chi connectivity index (χ3v) is 6.35. The maximum atomic E-state index is 12.9. The molecule has 0 unspecified atom stereocenters. The van der Waals surface area contributed by atoms with Crippen LogP contribution in [0.25, 0.3) is 5.69 Å². The highest BCUT2D eigenvalue weighted by Crippen LogP contribution is 2.40. The third kappa shape index (κ3) is 3.05. The lowest BCUT2D eigenvalue weighted by atomic mass is 10.1. The van der Waals surface area contributed by atoms with E-state index in [0.717, 1.165) is 24.8 Å². The first-order valence-electron chi connectivity index (χ1n) is 8.77. The molecular formula is C20H17ClN4O2S. The van der Waals surface area contributed by atoms with Crippen molar-refractivity contribution in [3.63, 3.8) is 0 Å². The minimum atomic E-state index is -0.228. The molecule has 0 fully saturated rings. The number of methoxy groups -OCH3 is 1. The number of rotatable bonds is 4. The summed E-state index contributed by atoms with van der Waals surface area (Å²) in [5.74, 6) is 0.486. The van der Waals surface area contributed by atoms with Crippen LogP contribution in [0.15, 0.2) is 28.0 Å². The summed E-state index contributed by atoms with van der Waals surface area (Å²) in [6.07, 6.45) is 4.56. The lowest BCUT2D eigenvalue weighted by Crippen LogP contribution is -2.17. The SMILES string of the molecule is COc1cc(-n2[nH]c(C)c(/C=N/c3sc4c(c3C#N)CCC4)c2=O)ccc1Cl. The number of ether oxygens (including phenoxy) is 1. The van der Waals surface area contributed by atoms with Crippen LogP contribution in [0.1, 0.15) is 33.7 Å². The van der Waals surface area contributed by atoms with Crippen LogP contribution >= 0.6 is 22.9 Å². The first-order valence-corrected chi connectivity index (χ1v) is 9.97. The highest BCUT2D eigenvalue weighted by Gasteiger charge is 2.22. The Balaban J connectivity index is 1.72. The minimum absolute atomic E-state index is 0.228. The summed E-state index contributed by atoms with van der Waals surface area (Å²) in [6, 6.07) is 7.38. The molecule has 2 heterocycles. The van der Waals surface area contributed by atoms with Gasteiger partial charge < -0.3 is 4.74 Å². The third-order valence-electron chi connectivity index (χ3n) is 4.84. The fraction of sp³-hybridized carbons (Fsp3) is 0.250. The van der Waals surface area contributed by atoms with Crippen LogP contribution in [0.3, 0.4) is 0 Å². The van der Waals surface area contributed by atoms with Crippen LogP contribution in [0.2, 0.25) is 5.02 Å². The van der Waals surface area contributed by atoms with Gasteiger partial charge in [0.2, 0.25) is 0 Å². The maximum Gasteiger partial charge on any atom is 0.280 e. The van der Waals surface area contributed by atoms with E-state index in [-0.39, 0.29) is 5.56 Å².